The van der Waals surface area contributed by atoms with Gasteiger partial charge in [-0.15, -0.1) is 0 Å². The molecule has 0 radical (unpaired) electrons. The quantitative estimate of drug-likeness (QED) is 0.716. The highest BCUT2D eigenvalue weighted by Crippen LogP contribution is 2.26. The van der Waals surface area contributed by atoms with Gasteiger partial charge < -0.3 is 15.7 Å². The zero-order chi connectivity index (χ0) is 14.3. The number of aromatic hydroxyl groups is 1. The first-order valence-corrected chi connectivity index (χ1v) is 7.80. The van der Waals surface area contributed by atoms with Crippen LogP contribution in [0.1, 0.15) is 29.7 Å². The molecule has 4 nitrogen and oxygen atoms in total. The summed E-state index contributed by atoms with van der Waals surface area (Å²) in [6.07, 6.45) is 4.28. The van der Waals surface area contributed by atoms with Crippen molar-refractivity contribution >= 4 is 11.8 Å². The van der Waals surface area contributed by atoms with Gasteiger partial charge in [-0.25, -0.2) is 0 Å². The maximum Gasteiger partial charge on any atom is 0.141 e. The smallest absolute Gasteiger partial charge is 0.141 e. The summed E-state index contributed by atoms with van der Waals surface area (Å²) in [5.41, 5.74) is 8.26. The van der Waals surface area contributed by atoms with Gasteiger partial charge in [-0.05, 0) is 51.7 Å². The second-order valence-corrected chi connectivity index (χ2v) is 6.07. The van der Waals surface area contributed by atoms with Gasteiger partial charge in [-0.1, -0.05) is 0 Å². The summed E-state index contributed by atoms with van der Waals surface area (Å²) in [6.45, 7) is 3.31. The Morgan fingerprint density at radius 3 is 2.74 bits per heavy atom. The number of nitrogens with two attached hydrogens (primary N) is 1. The molecule has 1 rings (SSSR count). The summed E-state index contributed by atoms with van der Waals surface area (Å²) in [6, 6.07) is 0. The van der Waals surface area contributed by atoms with Gasteiger partial charge in [0.05, 0.1) is 5.69 Å². The third-order valence-electron chi connectivity index (χ3n) is 3.04. The molecular weight excluding hydrogens is 258 g/mol. The largest absolute Gasteiger partial charge is 0.506 e. The van der Waals surface area contributed by atoms with Crippen molar-refractivity contribution in [3.05, 3.63) is 23.0 Å². The van der Waals surface area contributed by atoms with Crippen LogP contribution in [0.4, 0.5) is 0 Å². The summed E-state index contributed by atoms with van der Waals surface area (Å²) < 4.78 is 0. The molecule has 0 fully saturated rings. The number of thioether (sulfide) groups is 1. The Hall–Kier alpha value is -0.780. The number of nitrogens with zero attached hydrogens (tertiary/aromatic N) is 2. The van der Waals surface area contributed by atoms with Gasteiger partial charge in [0.2, 0.25) is 0 Å². The molecule has 0 unspecified atom stereocenters. The van der Waals surface area contributed by atoms with Crippen LogP contribution in [0.3, 0.4) is 0 Å². The van der Waals surface area contributed by atoms with E-state index in [9.17, 15) is 5.11 Å². The maximum absolute atomic E-state index is 9.92. The minimum absolute atomic E-state index is 0.258. The first-order chi connectivity index (χ1) is 9.06. The van der Waals surface area contributed by atoms with E-state index in [2.05, 4.69) is 24.0 Å². The van der Waals surface area contributed by atoms with Gasteiger partial charge in [0.1, 0.15) is 5.75 Å². The van der Waals surface area contributed by atoms with Crippen LogP contribution in [-0.4, -0.2) is 41.4 Å². The third kappa shape index (κ3) is 5.38. The van der Waals surface area contributed by atoms with Gasteiger partial charge in [0, 0.05) is 24.1 Å². The first kappa shape index (κ1) is 16.3. The molecule has 0 aliphatic rings. The normalized spacial score (nSPS) is 11.2. The SMILES string of the molecule is Cc1ncc(CSCCCCN(C)C)c(CN)c1O. The number of rotatable bonds is 8. The molecule has 0 bridgehead atoms. The Balaban J connectivity index is 2.39. The van der Waals surface area contributed by atoms with Crippen LogP contribution in [0.15, 0.2) is 6.20 Å². The second-order valence-electron chi connectivity index (χ2n) is 4.96. The topological polar surface area (TPSA) is 62.4 Å². The highest BCUT2D eigenvalue weighted by Gasteiger charge is 2.10. The fourth-order valence-corrected chi connectivity index (χ4v) is 2.87. The van der Waals surface area contributed by atoms with E-state index in [1.54, 1.807) is 6.92 Å². The van der Waals surface area contributed by atoms with E-state index < -0.39 is 0 Å². The average Bonchev–Trinajstić information content (AvgIpc) is 2.37. The van der Waals surface area contributed by atoms with Crippen LogP contribution in [0.5, 0.6) is 5.75 Å². The number of aryl methyl sites for hydroxylation is 1. The van der Waals surface area contributed by atoms with Crippen molar-refractivity contribution in [3.63, 3.8) is 0 Å². The molecule has 0 aliphatic heterocycles. The standard InChI is InChI=1S/C14H25N3OS/c1-11-14(18)13(8-15)12(9-16-11)10-19-7-5-4-6-17(2)3/h9,18H,4-8,10,15H2,1-3H3. The van der Waals surface area contributed by atoms with Gasteiger partial charge in [0.25, 0.3) is 0 Å². The van der Waals surface area contributed by atoms with Crippen molar-refractivity contribution < 1.29 is 5.11 Å². The van der Waals surface area contributed by atoms with E-state index in [0.717, 1.165) is 29.2 Å². The molecule has 108 valence electrons. The number of hydrogen-bond donors (Lipinski definition) is 2. The minimum Gasteiger partial charge on any atom is -0.506 e. The van der Waals surface area contributed by atoms with Gasteiger partial charge in [0.15, 0.2) is 0 Å². The third-order valence-corrected chi connectivity index (χ3v) is 4.13. The summed E-state index contributed by atoms with van der Waals surface area (Å²) >= 11 is 1.88. The molecule has 0 spiro atoms. The van der Waals surface area contributed by atoms with Crippen molar-refractivity contribution in [1.29, 1.82) is 0 Å². The van der Waals surface area contributed by atoms with Crippen LogP contribution in [0, 0.1) is 6.92 Å². The minimum atomic E-state index is 0.258. The van der Waals surface area contributed by atoms with Crippen molar-refractivity contribution in [3.8, 4) is 5.75 Å². The molecule has 0 saturated heterocycles. The summed E-state index contributed by atoms with van der Waals surface area (Å²) in [4.78, 5) is 6.41. The lowest BCUT2D eigenvalue weighted by molar-refractivity contribution is 0.399. The Labute approximate surface area is 120 Å². The Morgan fingerprint density at radius 1 is 1.37 bits per heavy atom. The van der Waals surface area contributed by atoms with E-state index >= 15 is 0 Å². The molecule has 1 aromatic rings. The molecular formula is C14H25N3OS. The lowest BCUT2D eigenvalue weighted by Crippen LogP contribution is -2.12. The summed E-state index contributed by atoms with van der Waals surface area (Å²) in [7, 11) is 4.20. The fourth-order valence-electron chi connectivity index (χ4n) is 1.85. The molecule has 1 aromatic heterocycles. The number of pyridine rings is 1. The van der Waals surface area contributed by atoms with Crippen LogP contribution in [0.2, 0.25) is 0 Å². The van der Waals surface area contributed by atoms with Crippen molar-refractivity contribution in [2.45, 2.75) is 32.1 Å². The van der Waals surface area contributed by atoms with Crippen LogP contribution >= 0.6 is 11.8 Å². The highest BCUT2D eigenvalue weighted by molar-refractivity contribution is 7.98. The van der Waals surface area contributed by atoms with Crippen LogP contribution in [0.25, 0.3) is 0 Å². The molecule has 1 heterocycles. The number of aromatic nitrogens is 1. The lowest BCUT2D eigenvalue weighted by Gasteiger charge is -2.11. The van der Waals surface area contributed by atoms with Crippen LogP contribution < -0.4 is 5.73 Å². The first-order valence-electron chi connectivity index (χ1n) is 6.65. The Morgan fingerprint density at radius 2 is 2.11 bits per heavy atom. The number of unbranched alkanes of at least 4 members (excludes halogenated alkanes) is 1. The number of hydrogen-bond acceptors (Lipinski definition) is 5. The van der Waals surface area contributed by atoms with Gasteiger partial charge in [-0.3, -0.25) is 4.98 Å². The predicted octanol–water partition coefficient (Wildman–Crippen LogP) is 2.13. The molecule has 0 saturated carbocycles. The maximum atomic E-state index is 9.92. The highest BCUT2D eigenvalue weighted by atomic mass is 32.2. The second kappa shape index (κ2) is 8.40. The summed E-state index contributed by atoms with van der Waals surface area (Å²) in [5.74, 6) is 2.26. The Bertz CT molecular complexity index is 397. The molecule has 19 heavy (non-hydrogen) atoms. The Kier molecular flexibility index (Phi) is 7.20. The van der Waals surface area contributed by atoms with Crippen molar-refractivity contribution in [1.82, 2.24) is 9.88 Å². The fraction of sp³-hybridized carbons (Fsp3) is 0.643. The van der Waals surface area contributed by atoms with E-state index in [0.29, 0.717) is 12.2 Å². The zero-order valence-electron chi connectivity index (χ0n) is 12.1. The van der Waals surface area contributed by atoms with E-state index in [-0.39, 0.29) is 5.75 Å². The monoisotopic (exact) mass is 283 g/mol. The van der Waals surface area contributed by atoms with Gasteiger partial charge in [-0.2, -0.15) is 11.8 Å². The van der Waals surface area contributed by atoms with E-state index in [1.807, 2.05) is 18.0 Å². The molecule has 3 N–H and O–H groups in total. The lowest BCUT2D eigenvalue weighted by atomic mass is 10.1. The molecule has 0 atom stereocenters. The predicted molar refractivity (Wildman–Crippen MR) is 82.5 cm³/mol. The summed E-state index contributed by atoms with van der Waals surface area (Å²) in [5, 5.41) is 9.92. The van der Waals surface area contributed by atoms with Crippen molar-refractivity contribution in [2.75, 3.05) is 26.4 Å². The zero-order valence-corrected chi connectivity index (χ0v) is 13.0. The van der Waals surface area contributed by atoms with Crippen molar-refractivity contribution in [2.24, 2.45) is 5.73 Å². The molecule has 0 amide bonds. The average molecular weight is 283 g/mol. The molecule has 0 aromatic carbocycles. The van der Waals surface area contributed by atoms with Crippen LogP contribution in [-0.2, 0) is 12.3 Å². The van der Waals surface area contributed by atoms with Gasteiger partial charge >= 0.3 is 0 Å². The molecule has 0 aliphatic carbocycles. The van der Waals surface area contributed by atoms with E-state index in [1.165, 1.54) is 12.8 Å². The molecule has 5 heteroatoms. The van der Waals surface area contributed by atoms with E-state index in [4.69, 9.17) is 5.73 Å².